The monoisotopic (exact) mass is 228 g/mol. The van der Waals surface area contributed by atoms with Gasteiger partial charge in [-0.3, -0.25) is 14.5 Å². The van der Waals surface area contributed by atoms with Crippen molar-refractivity contribution in [1.82, 2.24) is 9.80 Å². The van der Waals surface area contributed by atoms with Crippen molar-refractivity contribution >= 4 is 11.9 Å². The van der Waals surface area contributed by atoms with Crippen molar-refractivity contribution in [3.8, 4) is 0 Å². The molecule has 0 radical (unpaired) electrons. The normalized spacial score (nSPS) is 17.2. The van der Waals surface area contributed by atoms with Crippen LogP contribution in [0, 0.1) is 0 Å². The molecule has 1 heterocycles. The lowest BCUT2D eigenvalue weighted by Gasteiger charge is -2.23. The molecule has 1 fully saturated rings. The summed E-state index contributed by atoms with van der Waals surface area (Å²) in [5, 5.41) is 8.59. The van der Waals surface area contributed by atoms with E-state index in [9.17, 15) is 9.59 Å². The number of likely N-dealkylation sites (N-methyl/N-ethyl adjacent to an activating group) is 1. The van der Waals surface area contributed by atoms with Gasteiger partial charge >= 0.3 is 5.97 Å². The quantitative estimate of drug-likeness (QED) is 0.757. The predicted octanol–water partition coefficient (Wildman–Crippen LogP) is 0.405. The fraction of sp³-hybridized carbons (Fsp3) is 0.818. The maximum absolute atomic E-state index is 11.8. The van der Waals surface area contributed by atoms with Crippen molar-refractivity contribution in [2.45, 2.75) is 25.7 Å². The molecule has 1 amide bonds. The number of amides is 1. The highest BCUT2D eigenvalue weighted by molar-refractivity contribution is 5.79. The molecule has 5 heteroatoms. The molecule has 1 saturated heterocycles. The van der Waals surface area contributed by atoms with Gasteiger partial charge in [0.25, 0.3) is 0 Å². The fourth-order valence-corrected chi connectivity index (χ4v) is 1.94. The molecule has 0 unspecified atom stereocenters. The van der Waals surface area contributed by atoms with Crippen LogP contribution in [0.15, 0.2) is 0 Å². The predicted molar refractivity (Wildman–Crippen MR) is 60.2 cm³/mol. The maximum Gasteiger partial charge on any atom is 0.317 e. The van der Waals surface area contributed by atoms with Gasteiger partial charge in [-0.1, -0.05) is 12.8 Å². The number of hydrogen-bond donors (Lipinski definition) is 1. The number of aliphatic carboxylic acids is 1. The molecule has 0 aromatic heterocycles. The van der Waals surface area contributed by atoms with Gasteiger partial charge in [0.05, 0.1) is 13.1 Å². The van der Waals surface area contributed by atoms with Crippen molar-refractivity contribution < 1.29 is 14.7 Å². The smallest absolute Gasteiger partial charge is 0.317 e. The van der Waals surface area contributed by atoms with E-state index in [1.54, 1.807) is 7.05 Å². The van der Waals surface area contributed by atoms with E-state index >= 15 is 0 Å². The Balaban J connectivity index is 2.34. The molecule has 0 aromatic carbocycles. The Kier molecular flexibility index (Phi) is 5.25. The topological polar surface area (TPSA) is 60.9 Å². The highest BCUT2D eigenvalue weighted by Crippen LogP contribution is 2.09. The summed E-state index contributed by atoms with van der Waals surface area (Å²) >= 11 is 0. The Morgan fingerprint density at radius 3 is 2.19 bits per heavy atom. The average Bonchev–Trinajstić information content (AvgIpc) is 2.43. The molecule has 0 saturated carbocycles. The number of carbonyl (C=O) groups is 2. The van der Waals surface area contributed by atoms with E-state index in [4.69, 9.17) is 5.11 Å². The Morgan fingerprint density at radius 2 is 1.69 bits per heavy atom. The summed E-state index contributed by atoms with van der Waals surface area (Å²) in [5.74, 6) is -0.850. The first kappa shape index (κ1) is 13.0. The zero-order chi connectivity index (χ0) is 12.0. The van der Waals surface area contributed by atoms with Gasteiger partial charge < -0.3 is 10.0 Å². The van der Waals surface area contributed by atoms with E-state index in [-0.39, 0.29) is 19.0 Å². The summed E-state index contributed by atoms with van der Waals surface area (Å²) in [6.07, 6.45) is 4.51. The Morgan fingerprint density at radius 1 is 1.12 bits per heavy atom. The summed E-state index contributed by atoms with van der Waals surface area (Å²) in [6, 6.07) is 0. The fourth-order valence-electron chi connectivity index (χ4n) is 1.94. The van der Waals surface area contributed by atoms with Crippen LogP contribution in [-0.2, 0) is 9.59 Å². The molecule has 5 nitrogen and oxygen atoms in total. The largest absolute Gasteiger partial charge is 0.480 e. The molecule has 0 bridgehead atoms. The molecule has 0 aromatic rings. The lowest BCUT2D eigenvalue weighted by atomic mass is 10.2. The summed E-state index contributed by atoms with van der Waals surface area (Å²) in [5.41, 5.74) is 0. The van der Waals surface area contributed by atoms with Gasteiger partial charge in [-0.25, -0.2) is 0 Å². The first-order chi connectivity index (χ1) is 7.59. The number of carboxylic acid groups (broad SMARTS) is 1. The van der Waals surface area contributed by atoms with Gasteiger partial charge in [-0.15, -0.1) is 0 Å². The lowest BCUT2D eigenvalue weighted by molar-refractivity contribution is -0.139. The molecule has 1 N–H and O–H groups in total. The van der Waals surface area contributed by atoms with E-state index in [0.29, 0.717) is 0 Å². The number of rotatable bonds is 4. The van der Waals surface area contributed by atoms with Crippen LogP contribution < -0.4 is 0 Å². The van der Waals surface area contributed by atoms with E-state index < -0.39 is 5.97 Å². The molecule has 1 aliphatic rings. The zero-order valence-corrected chi connectivity index (χ0v) is 9.81. The number of carbonyl (C=O) groups excluding carboxylic acids is 1. The maximum atomic E-state index is 11.8. The summed E-state index contributed by atoms with van der Waals surface area (Å²) < 4.78 is 0. The van der Waals surface area contributed by atoms with Gasteiger partial charge in [-0.05, 0) is 19.9 Å². The second-order valence-electron chi connectivity index (χ2n) is 4.36. The molecular formula is C11H20N2O3. The first-order valence-electron chi connectivity index (χ1n) is 5.77. The van der Waals surface area contributed by atoms with E-state index in [0.717, 1.165) is 25.9 Å². The van der Waals surface area contributed by atoms with Crippen LogP contribution in [0.4, 0.5) is 0 Å². The molecule has 1 rings (SSSR count). The average molecular weight is 228 g/mol. The minimum absolute atomic E-state index is 0.0469. The SMILES string of the molecule is CN(CC(=O)O)CC(=O)N1CCCCCC1. The minimum atomic E-state index is -0.897. The van der Waals surface area contributed by atoms with Gasteiger partial charge in [0, 0.05) is 13.1 Å². The third kappa shape index (κ3) is 4.61. The standard InChI is InChI=1S/C11H20N2O3/c1-12(9-11(15)16)8-10(14)13-6-4-2-3-5-7-13/h2-9H2,1H3,(H,15,16). The van der Waals surface area contributed by atoms with E-state index in [2.05, 4.69) is 0 Å². The van der Waals surface area contributed by atoms with Gasteiger partial charge in [0.15, 0.2) is 0 Å². The molecule has 16 heavy (non-hydrogen) atoms. The highest BCUT2D eigenvalue weighted by atomic mass is 16.4. The highest BCUT2D eigenvalue weighted by Gasteiger charge is 2.17. The zero-order valence-electron chi connectivity index (χ0n) is 9.81. The third-order valence-corrected chi connectivity index (χ3v) is 2.77. The van der Waals surface area contributed by atoms with Crippen molar-refractivity contribution in [2.75, 3.05) is 33.2 Å². The first-order valence-corrected chi connectivity index (χ1v) is 5.77. The number of carboxylic acids is 1. The van der Waals surface area contributed by atoms with Crippen LogP contribution in [0.25, 0.3) is 0 Å². The van der Waals surface area contributed by atoms with Crippen molar-refractivity contribution in [3.63, 3.8) is 0 Å². The van der Waals surface area contributed by atoms with Crippen molar-refractivity contribution in [1.29, 1.82) is 0 Å². The van der Waals surface area contributed by atoms with Crippen LogP contribution in [0.1, 0.15) is 25.7 Å². The summed E-state index contributed by atoms with van der Waals surface area (Å²) in [6.45, 7) is 1.76. The van der Waals surface area contributed by atoms with E-state index in [1.165, 1.54) is 17.7 Å². The summed E-state index contributed by atoms with van der Waals surface area (Å²) in [7, 11) is 1.66. The van der Waals surface area contributed by atoms with Crippen LogP contribution in [0.2, 0.25) is 0 Å². The van der Waals surface area contributed by atoms with Crippen molar-refractivity contribution in [3.05, 3.63) is 0 Å². The van der Waals surface area contributed by atoms with Gasteiger partial charge in [0.1, 0.15) is 0 Å². The minimum Gasteiger partial charge on any atom is -0.480 e. The van der Waals surface area contributed by atoms with Crippen molar-refractivity contribution in [2.24, 2.45) is 0 Å². The van der Waals surface area contributed by atoms with Crippen LogP contribution in [-0.4, -0.2) is 60.0 Å². The molecule has 0 atom stereocenters. The Hall–Kier alpha value is -1.10. The van der Waals surface area contributed by atoms with E-state index in [1.807, 2.05) is 4.90 Å². The second-order valence-corrected chi connectivity index (χ2v) is 4.36. The lowest BCUT2D eigenvalue weighted by Crippen LogP contribution is -2.40. The van der Waals surface area contributed by atoms with Gasteiger partial charge in [-0.2, -0.15) is 0 Å². The third-order valence-electron chi connectivity index (χ3n) is 2.77. The molecule has 92 valence electrons. The molecule has 1 aliphatic heterocycles. The molecular weight excluding hydrogens is 208 g/mol. The Labute approximate surface area is 96.0 Å². The molecule has 0 aliphatic carbocycles. The number of nitrogens with zero attached hydrogens (tertiary/aromatic N) is 2. The number of likely N-dealkylation sites (tertiary alicyclic amines) is 1. The van der Waals surface area contributed by atoms with Gasteiger partial charge in [0.2, 0.25) is 5.91 Å². The van der Waals surface area contributed by atoms with Crippen LogP contribution in [0.5, 0.6) is 0 Å². The van der Waals surface area contributed by atoms with Crippen LogP contribution in [0.3, 0.4) is 0 Å². The Bertz CT molecular complexity index is 248. The number of hydrogen-bond acceptors (Lipinski definition) is 3. The van der Waals surface area contributed by atoms with Crippen LogP contribution >= 0.6 is 0 Å². The summed E-state index contributed by atoms with van der Waals surface area (Å²) in [4.78, 5) is 25.7. The molecule has 0 spiro atoms. The second kappa shape index (κ2) is 6.48.